The molecule has 0 saturated carbocycles. The summed E-state index contributed by atoms with van der Waals surface area (Å²) in [6.45, 7) is 0. The second kappa shape index (κ2) is 7.41. The van der Waals surface area contributed by atoms with Crippen LogP contribution in [0.5, 0.6) is 0 Å². The van der Waals surface area contributed by atoms with Crippen molar-refractivity contribution in [3.63, 3.8) is 0 Å². The maximum Gasteiger partial charge on any atom is 0.435 e. The van der Waals surface area contributed by atoms with Gasteiger partial charge in [-0.1, -0.05) is 11.6 Å². The Bertz CT molecular complexity index is 955. The SMILES string of the molecule is FC(F)(F)c1cc(C(F)(F)F)c(-c2cccnc2Cl)c(C(F)(C(F)(F)F)C(F)(F)F)c1. The quantitative estimate of drug-likeness (QED) is 0.308. The number of rotatable bonds is 2. The molecule has 0 bridgehead atoms. The molecule has 1 aromatic carbocycles. The summed E-state index contributed by atoms with van der Waals surface area (Å²) in [6, 6.07) is -0.544. The third-order valence-corrected chi connectivity index (χ3v) is 4.25. The number of pyridine rings is 1. The molecule has 0 saturated heterocycles. The van der Waals surface area contributed by atoms with Crippen molar-refractivity contribution in [1.29, 1.82) is 0 Å². The smallest absolute Gasteiger partial charge is 0.244 e. The predicted molar refractivity (Wildman–Crippen MR) is 79.6 cm³/mol. The maximum absolute atomic E-state index is 14.7. The van der Waals surface area contributed by atoms with Crippen LogP contribution in [-0.2, 0) is 18.0 Å². The Morgan fingerprint density at radius 1 is 0.677 bits per heavy atom. The van der Waals surface area contributed by atoms with E-state index in [9.17, 15) is 57.1 Å². The summed E-state index contributed by atoms with van der Waals surface area (Å²) < 4.78 is 174. The van der Waals surface area contributed by atoms with E-state index in [0.717, 1.165) is 12.3 Å². The van der Waals surface area contributed by atoms with E-state index in [-0.39, 0.29) is 0 Å². The average Bonchev–Trinajstić information content (AvgIpc) is 2.57. The van der Waals surface area contributed by atoms with Gasteiger partial charge in [-0.3, -0.25) is 0 Å². The molecule has 0 aliphatic rings. The van der Waals surface area contributed by atoms with Gasteiger partial charge in [-0.25, -0.2) is 9.37 Å². The first-order chi connectivity index (χ1) is 13.7. The molecule has 0 radical (unpaired) electrons. The Hall–Kier alpha value is -2.25. The average molecular weight is 494 g/mol. The first-order valence-electron chi connectivity index (χ1n) is 7.49. The van der Waals surface area contributed by atoms with Crippen molar-refractivity contribution < 1.29 is 57.1 Å². The highest BCUT2D eigenvalue weighted by Gasteiger charge is 2.74. The largest absolute Gasteiger partial charge is 0.435 e. The third-order valence-electron chi connectivity index (χ3n) is 3.95. The number of halogens is 14. The molecule has 0 amide bonds. The Balaban J connectivity index is 3.24. The molecule has 0 atom stereocenters. The summed E-state index contributed by atoms with van der Waals surface area (Å²) >= 11 is 5.48. The molecule has 15 heteroatoms. The van der Waals surface area contributed by atoms with Crippen LogP contribution >= 0.6 is 11.6 Å². The highest BCUT2D eigenvalue weighted by Crippen LogP contribution is 2.58. The molecule has 1 heterocycles. The molecule has 172 valence electrons. The van der Waals surface area contributed by atoms with Crippen LogP contribution in [0.2, 0.25) is 5.15 Å². The first-order valence-corrected chi connectivity index (χ1v) is 7.87. The zero-order chi connectivity index (χ0) is 24.2. The van der Waals surface area contributed by atoms with Gasteiger partial charge in [0.1, 0.15) is 5.15 Å². The third kappa shape index (κ3) is 4.39. The number of aromatic nitrogens is 1. The summed E-state index contributed by atoms with van der Waals surface area (Å²) in [5.41, 5.74) is -18.3. The van der Waals surface area contributed by atoms with Crippen LogP contribution in [0.3, 0.4) is 0 Å². The molecular formula is C16H5ClF13N. The van der Waals surface area contributed by atoms with E-state index in [4.69, 9.17) is 11.6 Å². The van der Waals surface area contributed by atoms with E-state index in [1.807, 2.05) is 0 Å². The lowest BCUT2D eigenvalue weighted by atomic mass is 9.83. The molecular weight excluding hydrogens is 489 g/mol. The molecule has 0 N–H and O–H groups in total. The summed E-state index contributed by atoms with van der Waals surface area (Å²) in [7, 11) is 0. The summed E-state index contributed by atoms with van der Waals surface area (Å²) in [4.78, 5) is 3.19. The number of alkyl halides is 13. The van der Waals surface area contributed by atoms with E-state index in [0.29, 0.717) is 6.07 Å². The van der Waals surface area contributed by atoms with Crippen molar-refractivity contribution in [2.24, 2.45) is 0 Å². The van der Waals surface area contributed by atoms with Gasteiger partial charge in [-0.05, 0) is 24.3 Å². The lowest BCUT2D eigenvalue weighted by Crippen LogP contribution is -2.51. The topological polar surface area (TPSA) is 12.9 Å². The van der Waals surface area contributed by atoms with E-state index in [1.165, 1.54) is 0 Å². The number of nitrogens with zero attached hydrogens (tertiary/aromatic N) is 1. The van der Waals surface area contributed by atoms with Gasteiger partial charge in [0.15, 0.2) is 0 Å². The highest BCUT2D eigenvalue weighted by molar-refractivity contribution is 6.32. The predicted octanol–water partition coefficient (Wildman–Crippen LogP) is 7.73. The van der Waals surface area contributed by atoms with Crippen LogP contribution in [0.15, 0.2) is 30.5 Å². The van der Waals surface area contributed by atoms with Gasteiger partial charge < -0.3 is 0 Å². The maximum atomic E-state index is 14.7. The zero-order valence-electron chi connectivity index (χ0n) is 14.1. The molecule has 1 aromatic heterocycles. The Morgan fingerprint density at radius 2 is 1.16 bits per heavy atom. The van der Waals surface area contributed by atoms with E-state index in [1.54, 1.807) is 0 Å². The Labute approximate surface area is 168 Å². The summed E-state index contributed by atoms with van der Waals surface area (Å²) in [6.07, 6.45) is -25.0. The molecule has 0 fully saturated rings. The Kier molecular flexibility index (Phi) is 5.98. The van der Waals surface area contributed by atoms with Crippen molar-refractivity contribution in [3.05, 3.63) is 52.3 Å². The molecule has 0 aliphatic heterocycles. The summed E-state index contributed by atoms with van der Waals surface area (Å²) in [5, 5.41) is -1.11. The van der Waals surface area contributed by atoms with Crippen LogP contribution in [0.25, 0.3) is 11.1 Å². The van der Waals surface area contributed by atoms with Gasteiger partial charge in [-0.15, -0.1) is 0 Å². The minimum atomic E-state index is -7.00. The van der Waals surface area contributed by atoms with Gasteiger partial charge in [0.2, 0.25) is 0 Å². The fourth-order valence-corrected chi connectivity index (χ4v) is 2.84. The summed E-state index contributed by atoms with van der Waals surface area (Å²) in [5.74, 6) is 0. The van der Waals surface area contributed by atoms with Gasteiger partial charge >= 0.3 is 30.4 Å². The highest BCUT2D eigenvalue weighted by atomic mass is 35.5. The number of hydrogen-bond acceptors (Lipinski definition) is 1. The van der Waals surface area contributed by atoms with Gasteiger partial charge in [0.25, 0.3) is 0 Å². The van der Waals surface area contributed by atoms with Crippen LogP contribution in [0, 0.1) is 0 Å². The van der Waals surface area contributed by atoms with Gasteiger partial charge in [0, 0.05) is 22.9 Å². The van der Waals surface area contributed by atoms with E-state index in [2.05, 4.69) is 4.98 Å². The van der Waals surface area contributed by atoms with Crippen molar-refractivity contribution in [2.45, 2.75) is 30.4 Å². The van der Waals surface area contributed by atoms with Crippen LogP contribution in [0.4, 0.5) is 57.1 Å². The second-order valence-corrected chi connectivity index (χ2v) is 6.30. The monoisotopic (exact) mass is 493 g/mol. The molecule has 31 heavy (non-hydrogen) atoms. The van der Waals surface area contributed by atoms with Crippen molar-refractivity contribution >= 4 is 11.6 Å². The van der Waals surface area contributed by atoms with Crippen LogP contribution in [-0.4, -0.2) is 17.3 Å². The molecule has 2 rings (SSSR count). The fourth-order valence-electron chi connectivity index (χ4n) is 2.63. The van der Waals surface area contributed by atoms with Crippen molar-refractivity contribution in [2.75, 3.05) is 0 Å². The van der Waals surface area contributed by atoms with Gasteiger partial charge in [-0.2, -0.15) is 52.7 Å². The first kappa shape index (κ1) is 25.0. The molecule has 2 aromatic rings. The lowest BCUT2D eigenvalue weighted by Gasteiger charge is -2.33. The molecule has 0 unspecified atom stereocenters. The normalized spacial score (nSPS) is 14.1. The minimum absolute atomic E-state index is 0.448. The van der Waals surface area contributed by atoms with Crippen LogP contribution in [0.1, 0.15) is 16.7 Å². The van der Waals surface area contributed by atoms with Crippen LogP contribution < -0.4 is 0 Å². The Morgan fingerprint density at radius 3 is 1.55 bits per heavy atom. The molecule has 0 aliphatic carbocycles. The van der Waals surface area contributed by atoms with E-state index < -0.39 is 75.5 Å². The molecule has 1 nitrogen and oxygen atoms in total. The fraction of sp³-hybridized carbons (Fsp3) is 0.312. The van der Waals surface area contributed by atoms with Crippen molar-refractivity contribution in [3.8, 4) is 11.1 Å². The second-order valence-electron chi connectivity index (χ2n) is 5.94. The minimum Gasteiger partial charge on any atom is -0.244 e. The number of hydrogen-bond donors (Lipinski definition) is 0. The van der Waals surface area contributed by atoms with E-state index >= 15 is 0 Å². The van der Waals surface area contributed by atoms with Crippen molar-refractivity contribution in [1.82, 2.24) is 4.98 Å². The standard InChI is InChI=1S/C16H5ClF13N/c17-11-7(2-1-3-31-11)10-8(12(18,15(25,26)27)16(28,29)30)4-6(13(19,20)21)5-9(10)14(22,23)24/h1-5H. The number of benzene rings is 1. The molecule has 0 spiro atoms. The lowest BCUT2D eigenvalue weighted by molar-refractivity contribution is -0.348. The van der Waals surface area contributed by atoms with Gasteiger partial charge in [0.05, 0.1) is 11.1 Å². The zero-order valence-corrected chi connectivity index (χ0v) is 14.9.